The first-order chi connectivity index (χ1) is 12.2. The lowest BCUT2D eigenvalue weighted by atomic mass is 10.0. The average molecular weight is 379 g/mol. The molecule has 0 bridgehead atoms. The summed E-state index contributed by atoms with van der Waals surface area (Å²) in [5.41, 5.74) is 0.971. The zero-order valence-electron chi connectivity index (χ0n) is 13.9. The lowest BCUT2D eigenvalue weighted by Crippen LogP contribution is -2.44. The summed E-state index contributed by atoms with van der Waals surface area (Å²) in [4.78, 5) is 19.8. The van der Waals surface area contributed by atoms with E-state index in [0.717, 1.165) is 25.1 Å². The maximum absolute atomic E-state index is 13.0. The molecule has 0 spiro atoms. The number of morpholine rings is 1. The maximum Gasteiger partial charge on any atom is 0.264 e. The molecule has 0 aliphatic carbocycles. The molecule has 1 fully saturated rings. The molecule has 2 aromatic rings. The van der Waals surface area contributed by atoms with Crippen LogP contribution in [0.4, 0.5) is 0 Å². The van der Waals surface area contributed by atoms with Crippen molar-refractivity contribution in [1.82, 2.24) is 19.7 Å². The van der Waals surface area contributed by atoms with E-state index in [2.05, 4.69) is 15.0 Å². The molecule has 4 rings (SSSR count). The minimum absolute atomic E-state index is 0.0244. The van der Waals surface area contributed by atoms with Gasteiger partial charge in [0.1, 0.15) is 5.25 Å². The fourth-order valence-corrected chi connectivity index (χ4v) is 4.83. The molecule has 2 unspecified atom stereocenters. The number of thioether (sulfide) groups is 1. The average Bonchev–Trinajstić information content (AvgIpc) is 3.18. The molecule has 2 aliphatic rings. The van der Waals surface area contributed by atoms with Crippen LogP contribution in [0.15, 0.2) is 29.4 Å². The lowest BCUT2D eigenvalue weighted by molar-refractivity contribution is 0.0152. The molecule has 6 nitrogen and oxygen atoms in total. The highest BCUT2D eigenvalue weighted by Gasteiger charge is 2.43. The van der Waals surface area contributed by atoms with Crippen molar-refractivity contribution in [2.45, 2.75) is 29.8 Å². The highest BCUT2D eigenvalue weighted by molar-refractivity contribution is 8.00. The third-order valence-corrected chi connectivity index (χ3v) is 6.10. The normalized spacial score (nSPS) is 22.2. The summed E-state index contributed by atoms with van der Waals surface area (Å²) in [5, 5.41) is 5.39. The van der Waals surface area contributed by atoms with E-state index in [4.69, 9.17) is 16.3 Å². The van der Waals surface area contributed by atoms with Gasteiger partial charge in [0, 0.05) is 24.5 Å². The number of hydrogen-bond donors (Lipinski definition) is 0. The fourth-order valence-electron chi connectivity index (χ4n) is 3.31. The second-order valence-corrected chi connectivity index (χ2v) is 7.58. The molecule has 0 N–H and O–H groups in total. The van der Waals surface area contributed by atoms with Gasteiger partial charge in [-0.05, 0) is 11.6 Å². The molecule has 0 radical (unpaired) electrons. The summed E-state index contributed by atoms with van der Waals surface area (Å²) >= 11 is 7.97. The van der Waals surface area contributed by atoms with E-state index in [0.29, 0.717) is 29.2 Å². The van der Waals surface area contributed by atoms with Crippen LogP contribution < -0.4 is 0 Å². The molecule has 1 saturated heterocycles. The molecule has 2 atom stereocenters. The maximum atomic E-state index is 13.0. The predicted molar refractivity (Wildman–Crippen MR) is 96.3 cm³/mol. The number of rotatable bonds is 4. The number of aromatic nitrogens is 3. The number of nitrogens with zero attached hydrogens (tertiary/aromatic N) is 4. The van der Waals surface area contributed by atoms with Crippen molar-refractivity contribution < 1.29 is 9.53 Å². The Morgan fingerprint density at radius 1 is 1.36 bits per heavy atom. The van der Waals surface area contributed by atoms with Gasteiger partial charge in [-0.2, -0.15) is 4.68 Å². The van der Waals surface area contributed by atoms with E-state index in [1.807, 2.05) is 31.2 Å². The van der Waals surface area contributed by atoms with Crippen molar-refractivity contribution in [3.63, 3.8) is 0 Å². The number of fused-ring (bicyclic) bond motifs is 1. The number of carbonyl (C=O) groups excluding carboxylic acids is 1. The van der Waals surface area contributed by atoms with Crippen LogP contribution in [0.3, 0.4) is 0 Å². The van der Waals surface area contributed by atoms with E-state index < -0.39 is 0 Å². The van der Waals surface area contributed by atoms with Crippen LogP contribution in [0.1, 0.15) is 29.1 Å². The topological polar surface area (TPSA) is 60.2 Å². The first-order valence-corrected chi connectivity index (χ1v) is 9.68. The summed E-state index contributed by atoms with van der Waals surface area (Å²) in [6, 6.07) is 7.63. The van der Waals surface area contributed by atoms with Crippen molar-refractivity contribution in [3.8, 4) is 0 Å². The van der Waals surface area contributed by atoms with E-state index in [1.54, 1.807) is 0 Å². The van der Waals surface area contributed by atoms with Gasteiger partial charge >= 0.3 is 0 Å². The number of ether oxygens (including phenoxy) is 1. The largest absolute Gasteiger partial charge is 0.379 e. The summed E-state index contributed by atoms with van der Waals surface area (Å²) in [5.74, 6) is 0.679. The highest BCUT2D eigenvalue weighted by atomic mass is 35.5. The summed E-state index contributed by atoms with van der Waals surface area (Å²) < 4.78 is 6.94. The monoisotopic (exact) mass is 378 g/mol. The molecular weight excluding hydrogens is 360 g/mol. The molecule has 8 heteroatoms. The van der Waals surface area contributed by atoms with Gasteiger partial charge in [-0.15, -0.1) is 5.10 Å². The zero-order chi connectivity index (χ0) is 17.4. The molecule has 0 saturated carbocycles. The van der Waals surface area contributed by atoms with Crippen LogP contribution >= 0.6 is 23.4 Å². The van der Waals surface area contributed by atoms with E-state index in [-0.39, 0.29) is 17.2 Å². The van der Waals surface area contributed by atoms with Gasteiger partial charge in [-0.25, -0.2) is 4.98 Å². The van der Waals surface area contributed by atoms with Crippen LogP contribution in [-0.2, 0) is 11.2 Å². The first-order valence-electron chi connectivity index (χ1n) is 8.42. The van der Waals surface area contributed by atoms with Gasteiger partial charge in [0.15, 0.2) is 11.0 Å². The van der Waals surface area contributed by atoms with Gasteiger partial charge in [0.05, 0.1) is 19.3 Å². The van der Waals surface area contributed by atoms with Crippen molar-refractivity contribution in [2.24, 2.45) is 0 Å². The number of hydrogen-bond acceptors (Lipinski definition) is 6. The Bertz CT molecular complexity index is 791. The Morgan fingerprint density at radius 3 is 2.80 bits per heavy atom. The third kappa shape index (κ3) is 3.10. The number of halogens is 1. The highest BCUT2D eigenvalue weighted by Crippen LogP contribution is 2.42. The summed E-state index contributed by atoms with van der Waals surface area (Å²) in [6.07, 6.45) is 0.718. The number of benzene rings is 1. The lowest BCUT2D eigenvalue weighted by Gasteiger charge is -2.37. The quantitative estimate of drug-likeness (QED) is 0.815. The summed E-state index contributed by atoms with van der Waals surface area (Å²) in [6.45, 7) is 4.86. The van der Waals surface area contributed by atoms with Crippen LogP contribution in [-0.4, -0.2) is 57.1 Å². The molecule has 2 aliphatic heterocycles. The number of carbonyl (C=O) groups is 1. The second-order valence-electron chi connectivity index (χ2n) is 6.07. The number of aryl methyl sites for hydroxylation is 1. The zero-order valence-corrected chi connectivity index (χ0v) is 15.5. The Kier molecular flexibility index (Phi) is 4.82. The van der Waals surface area contributed by atoms with Gasteiger partial charge in [-0.3, -0.25) is 9.69 Å². The minimum Gasteiger partial charge on any atom is -0.379 e. The van der Waals surface area contributed by atoms with Gasteiger partial charge in [-0.1, -0.05) is 48.5 Å². The SMILES string of the molecule is CCc1nc2n(n1)C(=O)C(C(c1ccccc1Cl)N1CCOCC1)S2. The van der Waals surface area contributed by atoms with Crippen LogP contribution in [0.5, 0.6) is 0 Å². The van der Waals surface area contributed by atoms with Gasteiger partial charge in [0.25, 0.3) is 5.91 Å². The van der Waals surface area contributed by atoms with Gasteiger partial charge < -0.3 is 4.74 Å². The molecule has 25 heavy (non-hydrogen) atoms. The smallest absolute Gasteiger partial charge is 0.264 e. The molecular formula is C17H19ClN4O2S. The van der Waals surface area contributed by atoms with Crippen LogP contribution in [0, 0.1) is 0 Å². The fraction of sp³-hybridized carbons (Fsp3) is 0.471. The Labute approximate surface area is 155 Å². The predicted octanol–water partition coefficient (Wildman–Crippen LogP) is 2.68. The Hall–Kier alpha value is -1.41. The van der Waals surface area contributed by atoms with E-state index in [9.17, 15) is 4.79 Å². The van der Waals surface area contributed by atoms with E-state index >= 15 is 0 Å². The minimum atomic E-state index is -0.307. The van der Waals surface area contributed by atoms with Gasteiger partial charge in [0.2, 0.25) is 0 Å². The summed E-state index contributed by atoms with van der Waals surface area (Å²) in [7, 11) is 0. The Morgan fingerprint density at radius 2 is 2.12 bits per heavy atom. The van der Waals surface area contributed by atoms with Crippen molar-refractivity contribution in [3.05, 3.63) is 40.7 Å². The van der Waals surface area contributed by atoms with Crippen LogP contribution in [0.2, 0.25) is 5.02 Å². The molecule has 1 aromatic carbocycles. The molecule has 1 aromatic heterocycles. The molecule has 132 valence electrons. The van der Waals surface area contributed by atoms with Crippen molar-refractivity contribution in [1.29, 1.82) is 0 Å². The van der Waals surface area contributed by atoms with Crippen LogP contribution in [0.25, 0.3) is 0 Å². The second kappa shape index (κ2) is 7.07. The standard InChI is InChI=1S/C17H19ClN4O2S/c1-2-13-19-17-22(20-13)16(23)15(25-17)14(21-7-9-24-10-8-21)11-5-3-4-6-12(11)18/h3-6,14-15H,2,7-10H2,1H3. The Balaban J connectivity index is 1.70. The third-order valence-electron chi connectivity index (χ3n) is 4.57. The first kappa shape index (κ1) is 17.0. The van der Waals surface area contributed by atoms with E-state index in [1.165, 1.54) is 16.4 Å². The molecule has 3 heterocycles. The van der Waals surface area contributed by atoms with Crippen molar-refractivity contribution >= 4 is 29.3 Å². The molecule has 0 amide bonds. The van der Waals surface area contributed by atoms with Crippen molar-refractivity contribution in [2.75, 3.05) is 26.3 Å².